The van der Waals surface area contributed by atoms with Gasteiger partial charge in [0.05, 0.1) is 7.11 Å². The van der Waals surface area contributed by atoms with E-state index in [9.17, 15) is 14.4 Å². The molecule has 1 heterocycles. The van der Waals surface area contributed by atoms with E-state index in [1.165, 1.54) is 0 Å². The highest BCUT2D eigenvalue weighted by molar-refractivity contribution is 6.38. The molecule has 1 aromatic heterocycles. The van der Waals surface area contributed by atoms with Gasteiger partial charge in [-0.1, -0.05) is 42.5 Å². The average Bonchev–Trinajstić information content (AvgIpc) is 3.15. The van der Waals surface area contributed by atoms with Crippen LogP contribution in [0.15, 0.2) is 59.0 Å². The lowest BCUT2D eigenvalue weighted by atomic mass is 10.0. The molecule has 0 spiro atoms. The number of hydrogen-bond donors (Lipinski definition) is 2. The van der Waals surface area contributed by atoms with Crippen molar-refractivity contribution in [3.05, 3.63) is 71.8 Å². The Balaban J connectivity index is 1.86. The molecule has 8 heteroatoms. The summed E-state index contributed by atoms with van der Waals surface area (Å²) in [6, 6.07) is 14.8. The van der Waals surface area contributed by atoms with Gasteiger partial charge in [-0.3, -0.25) is 14.4 Å². The molecule has 0 fully saturated rings. The Morgan fingerprint density at radius 2 is 1.77 bits per heavy atom. The van der Waals surface area contributed by atoms with Crippen molar-refractivity contribution in [2.24, 2.45) is 5.73 Å². The standard InChI is InChI=1S/C22H21N3O5/c1-13-24-18(15-6-4-3-5-7-15)20(30-13)22(28)25-17(19(26)21(23)27)12-14-8-10-16(29-2)11-9-14/h3-11,17H,12H2,1-2H3,(H2,23,27)(H,25,28). The van der Waals surface area contributed by atoms with E-state index in [4.69, 9.17) is 14.9 Å². The lowest BCUT2D eigenvalue weighted by Crippen LogP contribution is -2.47. The van der Waals surface area contributed by atoms with Crippen LogP contribution in [0.4, 0.5) is 0 Å². The monoisotopic (exact) mass is 407 g/mol. The molecule has 0 aliphatic heterocycles. The number of Topliss-reactive ketones (excluding diaryl/α,β-unsaturated/α-hetero) is 1. The number of aromatic nitrogens is 1. The minimum absolute atomic E-state index is 0.0456. The fourth-order valence-electron chi connectivity index (χ4n) is 2.97. The lowest BCUT2D eigenvalue weighted by Gasteiger charge is -2.16. The molecule has 1 unspecified atom stereocenters. The third-order valence-corrected chi connectivity index (χ3v) is 4.45. The summed E-state index contributed by atoms with van der Waals surface area (Å²) < 4.78 is 10.6. The predicted octanol–water partition coefficient (Wildman–Crippen LogP) is 2.05. The van der Waals surface area contributed by atoms with Crippen LogP contribution in [-0.4, -0.2) is 35.7 Å². The van der Waals surface area contributed by atoms with E-state index in [-0.39, 0.29) is 12.2 Å². The van der Waals surface area contributed by atoms with Gasteiger partial charge in [-0.15, -0.1) is 0 Å². The van der Waals surface area contributed by atoms with Crippen LogP contribution in [0.3, 0.4) is 0 Å². The molecule has 0 saturated carbocycles. The third kappa shape index (κ3) is 4.72. The van der Waals surface area contributed by atoms with Crippen LogP contribution in [0, 0.1) is 6.92 Å². The molecule has 0 aliphatic rings. The van der Waals surface area contributed by atoms with Crippen molar-refractivity contribution in [3.8, 4) is 17.0 Å². The molecule has 1 atom stereocenters. The number of oxazole rings is 1. The van der Waals surface area contributed by atoms with E-state index in [0.29, 0.717) is 28.5 Å². The molecule has 3 aromatic rings. The minimum atomic E-state index is -1.16. The topological polar surface area (TPSA) is 125 Å². The van der Waals surface area contributed by atoms with Gasteiger partial charge in [0, 0.05) is 18.9 Å². The lowest BCUT2D eigenvalue weighted by molar-refractivity contribution is -0.137. The quantitative estimate of drug-likeness (QED) is 0.551. The van der Waals surface area contributed by atoms with Gasteiger partial charge in [-0.2, -0.15) is 0 Å². The average molecular weight is 407 g/mol. The van der Waals surface area contributed by atoms with Gasteiger partial charge < -0.3 is 20.2 Å². The fraction of sp³-hybridized carbons (Fsp3) is 0.182. The summed E-state index contributed by atoms with van der Waals surface area (Å²) >= 11 is 0. The Kier molecular flexibility index (Phi) is 6.26. The Bertz CT molecular complexity index is 1060. The zero-order valence-corrected chi connectivity index (χ0v) is 16.5. The molecule has 0 saturated heterocycles. The molecular formula is C22H21N3O5. The van der Waals surface area contributed by atoms with Gasteiger partial charge in [0.15, 0.2) is 5.89 Å². The number of hydrogen-bond acceptors (Lipinski definition) is 6. The number of amides is 2. The number of nitrogens with one attached hydrogen (secondary N) is 1. The van der Waals surface area contributed by atoms with Crippen LogP contribution in [0.25, 0.3) is 11.3 Å². The molecule has 8 nitrogen and oxygen atoms in total. The van der Waals surface area contributed by atoms with E-state index in [1.807, 2.05) is 18.2 Å². The highest BCUT2D eigenvalue weighted by Gasteiger charge is 2.29. The maximum absolute atomic E-state index is 12.9. The van der Waals surface area contributed by atoms with Crippen LogP contribution in [0.2, 0.25) is 0 Å². The van der Waals surface area contributed by atoms with Crippen LogP contribution in [0.5, 0.6) is 5.75 Å². The Hall–Kier alpha value is -3.94. The predicted molar refractivity (Wildman–Crippen MR) is 109 cm³/mol. The van der Waals surface area contributed by atoms with E-state index in [0.717, 1.165) is 0 Å². The molecule has 3 rings (SSSR count). The highest BCUT2D eigenvalue weighted by Crippen LogP contribution is 2.24. The zero-order valence-electron chi connectivity index (χ0n) is 16.5. The SMILES string of the molecule is COc1ccc(CC(NC(=O)c2oc(C)nc2-c2ccccc2)C(=O)C(N)=O)cc1. The number of nitrogens with zero attached hydrogens (tertiary/aromatic N) is 1. The summed E-state index contributed by atoms with van der Waals surface area (Å²) in [5.74, 6) is -1.81. The number of aryl methyl sites for hydroxylation is 1. The molecular weight excluding hydrogens is 386 g/mol. The van der Waals surface area contributed by atoms with E-state index in [1.54, 1.807) is 50.4 Å². The zero-order chi connectivity index (χ0) is 21.7. The second kappa shape index (κ2) is 9.04. The van der Waals surface area contributed by atoms with Crippen LogP contribution in [-0.2, 0) is 16.0 Å². The minimum Gasteiger partial charge on any atom is -0.497 e. The van der Waals surface area contributed by atoms with Gasteiger partial charge in [0.1, 0.15) is 17.5 Å². The maximum Gasteiger partial charge on any atom is 0.290 e. The first-order valence-corrected chi connectivity index (χ1v) is 9.19. The van der Waals surface area contributed by atoms with Crippen LogP contribution >= 0.6 is 0 Å². The van der Waals surface area contributed by atoms with Crippen molar-refractivity contribution in [2.75, 3.05) is 7.11 Å². The molecule has 2 amide bonds. The molecule has 2 aromatic carbocycles. The molecule has 0 bridgehead atoms. The number of ether oxygens (including phenoxy) is 1. The van der Waals surface area contributed by atoms with Crippen molar-refractivity contribution in [1.29, 1.82) is 0 Å². The maximum atomic E-state index is 12.9. The number of carbonyl (C=O) groups excluding carboxylic acids is 3. The van der Waals surface area contributed by atoms with Gasteiger partial charge >= 0.3 is 0 Å². The van der Waals surface area contributed by atoms with Crippen molar-refractivity contribution in [1.82, 2.24) is 10.3 Å². The van der Waals surface area contributed by atoms with Gasteiger partial charge in [-0.25, -0.2) is 4.98 Å². The van der Waals surface area contributed by atoms with Crippen molar-refractivity contribution in [3.63, 3.8) is 0 Å². The summed E-state index contributed by atoms with van der Waals surface area (Å²) in [5, 5.41) is 2.56. The number of primary amides is 1. The van der Waals surface area contributed by atoms with Gasteiger partial charge in [-0.05, 0) is 17.7 Å². The molecule has 154 valence electrons. The first-order valence-electron chi connectivity index (χ1n) is 9.19. The fourth-order valence-corrected chi connectivity index (χ4v) is 2.97. The third-order valence-electron chi connectivity index (χ3n) is 4.45. The summed E-state index contributed by atoms with van der Waals surface area (Å²) in [6.07, 6.45) is 0.0747. The van der Waals surface area contributed by atoms with E-state index >= 15 is 0 Å². The van der Waals surface area contributed by atoms with E-state index in [2.05, 4.69) is 10.3 Å². The van der Waals surface area contributed by atoms with Crippen LogP contribution < -0.4 is 15.8 Å². The summed E-state index contributed by atoms with van der Waals surface area (Å²) in [6.45, 7) is 1.62. The molecule has 0 aliphatic carbocycles. The normalized spacial score (nSPS) is 11.5. The van der Waals surface area contributed by atoms with Gasteiger partial charge in [0.25, 0.3) is 11.8 Å². The first kappa shape index (κ1) is 20.8. The summed E-state index contributed by atoms with van der Waals surface area (Å²) in [7, 11) is 1.54. The van der Waals surface area contributed by atoms with E-state index < -0.39 is 23.6 Å². The Labute approximate surface area is 173 Å². The molecule has 30 heavy (non-hydrogen) atoms. The molecule has 3 N–H and O–H groups in total. The largest absolute Gasteiger partial charge is 0.497 e. The summed E-state index contributed by atoms with van der Waals surface area (Å²) in [4.78, 5) is 41.0. The highest BCUT2D eigenvalue weighted by atomic mass is 16.5. The second-order valence-electron chi connectivity index (χ2n) is 6.58. The first-order chi connectivity index (χ1) is 14.4. The van der Waals surface area contributed by atoms with Crippen molar-refractivity contribution < 1.29 is 23.5 Å². The Morgan fingerprint density at radius 3 is 2.37 bits per heavy atom. The number of ketones is 1. The van der Waals surface area contributed by atoms with Crippen molar-refractivity contribution >= 4 is 17.6 Å². The van der Waals surface area contributed by atoms with Crippen LogP contribution in [0.1, 0.15) is 22.0 Å². The molecule has 0 radical (unpaired) electrons. The number of rotatable bonds is 8. The van der Waals surface area contributed by atoms with Crippen molar-refractivity contribution in [2.45, 2.75) is 19.4 Å². The second-order valence-corrected chi connectivity index (χ2v) is 6.58. The Morgan fingerprint density at radius 1 is 1.10 bits per heavy atom. The van der Waals surface area contributed by atoms with Gasteiger partial charge in [0.2, 0.25) is 11.5 Å². The number of benzene rings is 2. The summed E-state index contributed by atoms with van der Waals surface area (Å²) in [5.41, 5.74) is 6.93. The number of carbonyl (C=O) groups is 3. The smallest absolute Gasteiger partial charge is 0.290 e. The number of methoxy groups -OCH3 is 1. The number of nitrogens with two attached hydrogens (primary N) is 1.